The lowest BCUT2D eigenvalue weighted by atomic mass is 9.84. The second kappa shape index (κ2) is 7.39. The Morgan fingerprint density at radius 1 is 1.04 bits per heavy atom. The molecule has 0 spiro atoms. The fourth-order valence-corrected chi connectivity index (χ4v) is 5.43. The molecule has 2 unspecified atom stereocenters. The van der Waals surface area contributed by atoms with Gasteiger partial charge in [0.2, 0.25) is 10.0 Å². The number of hydrogen-bond acceptors (Lipinski definition) is 5. The second-order valence-corrected chi connectivity index (χ2v) is 8.96. The first-order valence-corrected chi connectivity index (χ1v) is 10.3. The van der Waals surface area contributed by atoms with Crippen LogP contribution in [0.25, 0.3) is 0 Å². The summed E-state index contributed by atoms with van der Waals surface area (Å²) in [5, 5.41) is 10.7. The molecule has 0 aromatic heterocycles. The van der Waals surface area contributed by atoms with E-state index in [0.29, 0.717) is 25.0 Å². The smallest absolute Gasteiger partial charge is 0.269 e. The molecule has 0 bridgehead atoms. The van der Waals surface area contributed by atoms with E-state index in [1.54, 1.807) is 0 Å². The molecule has 1 aromatic carbocycles. The van der Waals surface area contributed by atoms with Crippen LogP contribution in [0.15, 0.2) is 29.2 Å². The van der Waals surface area contributed by atoms with E-state index in [9.17, 15) is 18.5 Å². The number of nitrogens with zero attached hydrogens (tertiary/aromatic N) is 3. The molecule has 2 aliphatic rings. The van der Waals surface area contributed by atoms with Crippen molar-refractivity contribution in [1.82, 2.24) is 9.21 Å². The highest BCUT2D eigenvalue weighted by Gasteiger charge is 2.33. The zero-order valence-corrected chi connectivity index (χ0v) is 15.3. The Balaban J connectivity index is 1.66. The topological polar surface area (TPSA) is 83.8 Å². The van der Waals surface area contributed by atoms with Crippen LogP contribution in [0.5, 0.6) is 0 Å². The van der Waals surface area contributed by atoms with Gasteiger partial charge in [-0.2, -0.15) is 4.31 Å². The number of piperazine rings is 1. The molecular weight excluding hydrogens is 342 g/mol. The highest BCUT2D eigenvalue weighted by atomic mass is 32.2. The first kappa shape index (κ1) is 18.3. The van der Waals surface area contributed by atoms with Crippen LogP contribution in [0.3, 0.4) is 0 Å². The molecule has 0 radical (unpaired) electrons. The SMILES string of the molecule is CC1CCCCC1N1CCN(S(=O)(=O)c2ccc([N+](=O)[O-])cc2)CC1. The summed E-state index contributed by atoms with van der Waals surface area (Å²) in [7, 11) is -3.59. The van der Waals surface area contributed by atoms with E-state index in [-0.39, 0.29) is 10.6 Å². The quantitative estimate of drug-likeness (QED) is 0.603. The van der Waals surface area contributed by atoms with E-state index < -0.39 is 14.9 Å². The van der Waals surface area contributed by atoms with Crippen LogP contribution in [0.1, 0.15) is 32.6 Å². The predicted molar refractivity (Wildman–Crippen MR) is 94.8 cm³/mol. The minimum atomic E-state index is -3.59. The lowest BCUT2D eigenvalue weighted by Gasteiger charge is -2.43. The van der Waals surface area contributed by atoms with Crippen molar-refractivity contribution >= 4 is 15.7 Å². The van der Waals surface area contributed by atoms with E-state index in [0.717, 1.165) is 13.1 Å². The van der Waals surface area contributed by atoms with Gasteiger partial charge >= 0.3 is 0 Å². The molecule has 0 amide bonds. The Morgan fingerprint density at radius 3 is 2.20 bits per heavy atom. The molecule has 3 rings (SSSR count). The Kier molecular flexibility index (Phi) is 5.41. The standard InChI is InChI=1S/C17H25N3O4S/c1-14-4-2-3-5-17(14)18-10-12-19(13-11-18)25(23,24)16-8-6-15(7-9-16)20(21)22/h6-9,14,17H,2-5,10-13H2,1H3. The Hall–Kier alpha value is -1.51. The highest BCUT2D eigenvalue weighted by molar-refractivity contribution is 7.89. The van der Waals surface area contributed by atoms with Crippen molar-refractivity contribution in [2.45, 2.75) is 43.5 Å². The Morgan fingerprint density at radius 2 is 1.64 bits per heavy atom. The number of hydrogen-bond donors (Lipinski definition) is 0. The van der Waals surface area contributed by atoms with Crippen molar-refractivity contribution in [1.29, 1.82) is 0 Å². The van der Waals surface area contributed by atoms with Crippen molar-refractivity contribution in [2.24, 2.45) is 5.92 Å². The van der Waals surface area contributed by atoms with Crippen LogP contribution in [0, 0.1) is 16.0 Å². The molecule has 2 atom stereocenters. The lowest BCUT2D eigenvalue weighted by Crippen LogP contribution is -2.53. The summed E-state index contributed by atoms with van der Waals surface area (Å²) >= 11 is 0. The molecule has 1 saturated carbocycles. The first-order chi connectivity index (χ1) is 11.9. The second-order valence-electron chi connectivity index (χ2n) is 7.02. The number of nitro benzene ring substituents is 1. The maximum atomic E-state index is 12.8. The lowest BCUT2D eigenvalue weighted by molar-refractivity contribution is -0.384. The van der Waals surface area contributed by atoms with Crippen LogP contribution in [-0.4, -0.2) is 54.8 Å². The van der Waals surface area contributed by atoms with Crippen LogP contribution < -0.4 is 0 Å². The third-order valence-electron chi connectivity index (χ3n) is 5.49. The zero-order chi connectivity index (χ0) is 18.0. The van der Waals surface area contributed by atoms with Crippen molar-refractivity contribution < 1.29 is 13.3 Å². The Bertz CT molecular complexity index is 712. The van der Waals surface area contributed by atoms with Gasteiger partial charge in [0, 0.05) is 44.4 Å². The van der Waals surface area contributed by atoms with Gasteiger partial charge in [0.15, 0.2) is 0 Å². The predicted octanol–water partition coefficient (Wildman–Crippen LogP) is 2.48. The van der Waals surface area contributed by atoms with Gasteiger partial charge in [0.25, 0.3) is 5.69 Å². The third-order valence-corrected chi connectivity index (χ3v) is 7.41. The summed E-state index contributed by atoms with van der Waals surface area (Å²) in [6.45, 7) is 4.75. The van der Waals surface area contributed by atoms with Crippen molar-refractivity contribution in [3.8, 4) is 0 Å². The maximum absolute atomic E-state index is 12.8. The minimum absolute atomic E-state index is 0.102. The summed E-state index contributed by atoms with van der Waals surface area (Å²) in [5.41, 5.74) is -0.102. The average molecular weight is 367 g/mol. The largest absolute Gasteiger partial charge is 0.298 e. The van der Waals surface area contributed by atoms with E-state index in [4.69, 9.17) is 0 Å². The molecule has 0 N–H and O–H groups in total. The minimum Gasteiger partial charge on any atom is -0.298 e. The number of nitro groups is 1. The van der Waals surface area contributed by atoms with Gasteiger partial charge < -0.3 is 0 Å². The molecule has 25 heavy (non-hydrogen) atoms. The van der Waals surface area contributed by atoms with E-state index in [2.05, 4.69) is 11.8 Å². The van der Waals surface area contributed by atoms with Gasteiger partial charge in [-0.1, -0.05) is 19.8 Å². The van der Waals surface area contributed by atoms with Gasteiger partial charge in [0.1, 0.15) is 0 Å². The normalized spacial score (nSPS) is 26.4. The van der Waals surface area contributed by atoms with Gasteiger partial charge in [-0.25, -0.2) is 8.42 Å². The molecule has 2 fully saturated rings. The summed E-state index contributed by atoms with van der Waals surface area (Å²) < 4.78 is 27.0. The van der Waals surface area contributed by atoms with E-state index in [1.165, 1.54) is 54.3 Å². The van der Waals surface area contributed by atoms with Gasteiger partial charge in [-0.05, 0) is 30.9 Å². The zero-order valence-electron chi connectivity index (χ0n) is 14.5. The molecule has 1 aromatic rings. The first-order valence-electron chi connectivity index (χ1n) is 8.88. The van der Waals surface area contributed by atoms with Gasteiger partial charge in [-0.3, -0.25) is 15.0 Å². The summed E-state index contributed by atoms with van der Waals surface area (Å²) in [4.78, 5) is 12.7. The van der Waals surface area contributed by atoms with Crippen LogP contribution in [-0.2, 0) is 10.0 Å². The third kappa shape index (κ3) is 3.86. The molecule has 138 valence electrons. The number of non-ortho nitro benzene ring substituents is 1. The van der Waals surface area contributed by atoms with Crippen molar-refractivity contribution in [3.05, 3.63) is 34.4 Å². The van der Waals surface area contributed by atoms with Crippen molar-refractivity contribution in [2.75, 3.05) is 26.2 Å². The molecule has 1 aliphatic heterocycles. The highest BCUT2D eigenvalue weighted by Crippen LogP contribution is 2.29. The molecule has 1 heterocycles. The molecular formula is C17H25N3O4S. The number of sulfonamides is 1. The van der Waals surface area contributed by atoms with E-state index in [1.807, 2.05) is 0 Å². The molecule has 1 aliphatic carbocycles. The molecule has 8 heteroatoms. The fourth-order valence-electron chi connectivity index (χ4n) is 4.00. The monoisotopic (exact) mass is 367 g/mol. The van der Waals surface area contributed by atoms with Crippen molar-refractivity contribution in [3.63, 3.8) is 0 Å². The molecule has 1 saturated heterocycles. The average Bonchev–Trinajstić information content (AvgIpc) is 2.62. The summed E-state index contributed by atoms with van der Waals surface area (Å²) in [5.74, 6) is 0.673. The summed E-state index contributed by atoms with van der Waals surface area (Å²) in [6, 6.07) is 5.70. The van der Waals surface area contributed by atoms with Gasteiger partial charge in [0.05, 0.1) is 9.82 Å². The van der Waals surface area contributed by atoms with Crippen LogP contribution >= 0.6 is 0 Å². The number of benzene rings is 1. The summed E-state index contributed by atoms with van der Waals surface area (Å²) in [6.07, 6.45) is 5.02. The van der Waals surface area contributed by atoms with Crippen LogP contribution in [0.4, 0.5) is 5.69 Å². The van der Waals surface area contributed by atoms with Gasteiger partial charge in [-0.15, -0.1) is 0 Å². The Labute approximate surface area is 148 Å². The molecule has 7 nitrogen and oxygen atoms in total. The van der Waals surface area contributed by atoms with E-state index >= 15 is 0 Å². The van der Waals surface area contributed by atoms with Crippen LogP contribution in [0.2, 0.25) is 0 Å². The fraction of sp³-hybridized carbons (Fsp3) is 0.647. The number of rotatable bonds is 4. The maximum Gasteiger partial charge on any atom is 0.269 e.